The van der Waals surface area contributed by atoms with Crippen molar-refractivity contribution in [3.05, 3.63) is 59.4 Å². The molecule has 12 heteroatoms. The lowest BCUT2D eigenvalue weighted by molar-refractivity contribution is -0.132. The maximum Gasteiger partial charge on any atom is 0.254 e. The zero-order valence-corrected chi connectivity index (χ0v) is 27.4. The van der Waals surface area contributed by atoms with Crippen molar-refractivity contribution in [3.63, 3.8) is 0 Å². The van der Waals surface area contributed by atoms with Crippen LogP contribution in [-0.4, -0.2) is 81.7 Å². The highest BCUT2D eigenvalue weighted by molar-refractivity contribution is 5.95. The van der Waals surface area contributed by atoms with E-state index in [0.717, 1.165) is 35.1 Å². The summed E-state index contributed by atoms with van der Waals surface area (Å²) >= 11 is 0. The monoisotopic (exact) mass is 632 g/mol. The van der Waals surface area contributed by atoms with Gasteiger partial charge in [0.15, 0.2) is 0 Å². The molecule has 1 aliphatic rings. The number of aromatic amines is 1. The second-order valence-electron chi connectivity index (χ2n) is 12.0. The first kappa shape index (κ1) is 34.4. The number of nitrogens with two attached hydrogens (primary N) is 1. The number of hydrogen-bond donors (Lipinski definition) is 5. The van der Waals surface area contributed by atoms with Crippen LogP contribution in [0.15, 0.2) is 42.5 Å². The fourth-order valence-corrected chi connectivity index (χ4v) is 5.70. The number of hydrogen-bond acceptors (Lipinski definition) is 7. The molecule has 2 heterocycles. The van der Waals surface area contributed by atoms with Gasteiger partial charge in [-0.15, -0.1) is 0 Å². The van der Waals surface area contributed by atoms with Crippen LogP contribution in [0, 0.1) is 0 Å². The number of anilines is 1. The van der Waals surface area contributed by atoms with Gasteiger partial charge in [0.05, 0.1) is 23.6 Å². The van der Waals surface area contributed by atoms with Gasteiger partial charge in [0.2, 0.25) is 17.7 Å². The summed E-state index contributed by atoms with van der Waals surface area (Å²) in [5, 5.41) is 9.07. The Labute approximate surface area is 270 Å². The third-order valence-electron chi connectivity index (χ3n) is 8.28. The Kier molecular flexibility index (Phi) is 12.1. The number of rotatable bonds is 15. The molecule has 3 aromatic rings. The van der Waals surface area contributed by atoms with Gasteiger partial charge in [0.25, 0.3) is 5.91 Å². The predicted molar refractivity (Wildman–Crippen MR) is 179 cm³/mol. The molecule has 4 amide bonds. The largest absolute Gasteiger partial charge is 0.373 e. The number of carbonyl (C=O) groups excluding carboxylic acids is 4. The molecule has 1 aliphatic heterocycles. The molecule has 12 nitrogen and oxygen atoms in total. The molecule has 0 saturated heterocycles. The van der Waals surface area contributed by atoms with Crippen LogP contribution in [0.25, 0.3) is 11.0 Å². The average molecular weight is 633 g/mol. The van der Waals surface area contributed by atoms with Crippen molar-refractivity contribution in [2.75, 3.05) is 25.5 Å². The van der Waals surface area contributed by atoms with Crippen LogP contribution >= 0.6 is 0 Å². The number of nitrogens with one attached hydrogen (secondary N) is 4. The van der Waals surface area contributed by atoms with Gasteiger partial charge >= 0.3 is 0 Å². The normalized spacial score (nSPS) is 15.8. The van der Waals surface area contributed by atoms with Crippen molar-refractivity contribution >= 4 is 40.3 Å². The van der Waals surface area contributed by atoms with E-state index in [0.29, 0.717) is 63.3 Å². The van der Waals surface area contributed by atoms with Crippen molar-refractivity contribution in [1.82, 2.24) is 30.4 Å². The highest BCUT2D eigenvalue weighted by atomic mass is 16.2. The van der Waals surface area contributed by atoms with Crippen molar-refractivity contribution in [2.45, 2.75) is 90.5 Å². The Morgan fingerprint density at radius 1 is 1.09 bits per heavy atom. The van der Waals surface area contributed by atoms with E-state index in [-0.39, 0.29) is 23.6 Å². The highest BCUT2D eigenvalue weighted by Gasteiger charge is 2.29. The van der Waals surface area contributed by atoms with Gasteiger partial charge in [-0.1, -0.05) is 45.7 Å². The number of amides is 4. The molecule has 0 saturated carbocycles. The first-order valence-electron chi connectivity index (χ1n) is 16.4. The van der Waals surface area contributed by atoms with Crippen LogP contribution in [0.2, 0.25) is 0 Å². The second kappa shape index (κ2) is 16.2. The smallest absolute Gasteiger partial charge is 0.254 e. The number of H-pyrrole nitrogens is 1. The van der Waals surface area contributed by atoms with Crippen molar-refractivity contribution < 1.29 is 19.2 Å². The summed E-state index contributed by atoms with van der Waals surface area (Å²) in [7, 11) is 1.74. The molecule has 2 aromatic carbocycles. The third-order valence-corrected chi connectivity index (χ3v) is 8.28. The second-order valence-corrected chi connectivity index (χ2v) is 12.0. The molecule has 0 spiro atoms. The third kappa shape index (κ3) is 8.63. The summed E-state index contributed by atoms with van der Waals surface area (Å²) in [6.07, 6.45) is 3.72. The number of para-hydroxylation sites is 2. The van der Waals surface area contributed by atoms with Crippen LogP contribution in [-0.2, 0) is 27.5 Å². The minimum absolute atomic E-state index is 0.0269. The number of nitrogens with zero attached hydrogens (tertiary/aromatic N) is 3. The quantitative estimate of drug-likeness (QED) is 0.160. The molecule has 0 bridgehead atoms. The Morgan fingerprint density at radius 2 is 1.85 bits per heavy atom. The van der Waals surface area contributed by atoms with E-state index < -0.39 is 18.1 Å². The summed E-state index contributed by atoms with van der Waals surface area (Å²) in [5.74, 6) is -0.0486. The molecule has 3 atom stereocenters. The zero-order valence-electron chi connectivity index (χ0n) is 27.4. The van der Waals surface area contributed by atoms with Gasteiger partial charge in [-0.25, -0.2) is 4.98 Å². The number of fused-ring (bicyclic) bond motifs is 2. The van der Waals surface area contributed by atoms with E-state index in [1.54, 1.807) is 22.9 Å². The Balaban J connectivity index is 1.37. The van der Waals surface area contributed by atoms with Crippen LogP contribution < -0.4 is 21.7 Å². The molecule has 6 N–H and O–H groups in total. The molecule has 1 aromatic heterocycles. The molecule has 0 radical (unpaired) electrons. The van der Waals surface area contributed by atoms with Crippen molar-refractivity contribution in [3.8, 4) is 0 Å². The summed E-state index contributed by atoms with van der Waals surface area (Å²) in [6, 6.07) is 11.6. The number of aromatic nitrogens is 2. The van der Waals surface area contributed by atoms with Gasteiger partial charge in [-0.3, -0.25) is 19.2 Å². The predicted octanol–water partition coefficient (Wildman–Crippen LogP) is 3.29. The summed E-state index contributed by atoms with van der Waals surface area (Å²) < 4.78 is 0. The van der Waals surface area contributed by atoms with E-state index in [4.69, 9.17) is 5.73 Å². The van der Waals surface area contributed by atoms with Crippen LogP contribution in [0.3, 0.4) is 0 Å². The number of imidazole rings is 1. The van der Waals surface area contributed by atoms with Gasteiger partial charge < -0.3 is 36.5 Å². The first-order valence-corrected chi connectivity index (χ1v) is 16.4. The molecule has 0 fully saturated rings. The number of carbonyl (C=O) groups is 4. The zero-order chi connectivity index (χ0) is 33.2. The molecule has 248 valence electrons. The molecule has 46 heavy (non-hydrogen) atoms. The lowest BCUT2D eigenvalue weighted by Crippen LogP contribution is -2.51. The Bertz CT molecular complexity index is 1490. The summed E-state index contributed by atoms with van der Waals surface area (Å²) in [4.78, 5) is 63.4. The molecular formula is C34H48N8O4. The highest BCUT2D eigenvalue weighted by Crippen LogP contribution is 2.26. The van der Waals surface area contributed by atoms with Gasteiger partial charge in [-0.2, -0.15) is 0 Å². The van der Waals surface area contributed by atoms with E-state index >= 15 is 0 Å². The average Bonchev–Trinajstić information content (AvgIpc) is 3.40. The maximum atomic E-state index is 13.4. The van der Waals surface area contributed by atoms with E-state index in [9.17, 15) is 19.2 Å². The minimum atomic E-state index is -0.651. The number of benzene rings is 2. The molecular weight excluding hydrogens is 584 g/mol. The molecule has 1 unspecified atom stereocenters. The fraction of sp³-hybridized carbons (Fsp3) is 0.500. The Hall–Kier alpha value is -4.45. The van der Waals surface area contributed by atoms with Crippen LogP contribution in [0.4, 0.5) is 5.69 Å². The van der Waals surface area contributed by atoms with Crippen LogP contribution in [0.1, 0.15) is 81.0 Å². The Morgan fingerprint density at radius 3 is 2.57 bits per heavy atom. The van der Waals surface area contributed by atoms with Gasteiger partial charge in [0.1, 0.15) is 17.9 Å². The first-order chi connectivity index (χ1) is 22.1. The van der Waals surface area contributed by atoms with Crippen LogP contribution in [0.5, 0.6) is 0 Å². The van der Waals surface area contributed by atoms with E-state index in [1.165, 1.54) is 0 Å². The maximum absolute atomic E-state index is 13.4. The lowest BCUT2D eigenvalue weighted by Gasteiger charge is -2.24. The SMILES string of the molecule is CCCC(NC(=O)[C@@H](N)CCC)C(=O)NCCCN1Cc2cc(C(=O)N(C)Cc3nc4ccccc4[nH]3)ccc2N[C@@H](CC)C1=O. The fourth-order valence-electron chi connectivity index (χ4n) is 5.70. The summed E-state index contributed by atoms with van der Waals surface area (Å²) in [6.45, 7) is 7.30. The van der Waals surface area contributed by atoms with Crippen molar-refractivity contribution in [1.29, 1.82) is 0 Å². The summed E-state index contributed by atoms with van der Waals surface area (Å²) in [5.41, 5.74) is 9.91. The van der Waals surface area contributed by atoms with Gasteiger partial charge in [-0.05, 0) is 61.6 Å². The van der Waals surface area contributed by atoms with E-state index in [2.05, 4.69) is 25.9 Å². The topological polar surface area (TPSA) is 166 Å². The minimum Gasteiger partial charge on any atom is -0.373 e. The molecule has 0 aliphatic carbocycles. The molecule has 4 rings (SSSR count). The van der Waals surface area contributed by atoms with Crippen molar-refractivity contribution in [2.24, 2.45) is 5.73 Å². The van der Waals surface area contributed by atoms with Gasteiger partial charge in [0, 0.05) is 37.9 Å². The van der Waals surface area contributed by atoms with E-state index in [1.807, 2.05) is 57.2 Å². The lowest BCUT2D eigenvalue weighted by atomic mass is 10.1. The standard InChI is InChI=1S/C34H48N8O4/c1-5-11-24(35)31(43)40-29(12-6-2)32(44)36-17-10-18-42-20-23-19-22(15-16-26(23)37-25(7-3)34(42)46)33(45)41(4)21-30-38-27-13-8-9-14-28(27)39-30/h8-9,13-16,19,24-25,29,37H,5-7,10-12,17-18,20-21,35H2,1-4H3,(H,36,44)(H,38,39)(H,40,43)/t24-,25-,29?/m0/s1.